The van der Waals surface area contributed by atoms with Crippen LogP contribution in [-0.2, 0) is 24.2 Å². The molecule has 1 aliphatic rings. The fourth-order valence-electron chi connectivity index (χ4n) is 3.38. The number of carbonyl (C=O) groups is 2. The number of hydrogen-bond acceptors (Lipinski definition) is 7. The number of aromatic nitrogens is 2. The zero-order valence-electron chi connectivity index (χ0n) is 16.1. The molecule has 2 N–H and O–H groups in total. The average molecular weight is 461 g/mol. The van der Waals surface area contributed by atoms with Crippen LogP contribution in [-0.4, -0.2) is 27.1 Å². The SMILES string of the molecule is C=CCn1c(SCC(=O)NNC(=O)c2cccs2)nc2sc3c(c2c1=O)CCCC3. The summed E-state index contributed by atoms with van der Waals surface area (Å²) in [5, 5.41) is 2.98. The molecule has 0 saturated heterocycles. The first kappa shape index (κ1) is 20.8. The minimum absolute atomic E-state index is 0.0187. The van der Waals surface area contributed by atoms with Crippen LogP contribution in [0.1, 0.15) is 33.0 Å². The van der Waals surface area contributed by atoms with Gasteiger partial charge in [-0.25, -0.2) is 4.98 Å². The molecule has 7 nitrogen and oxygen atoms in total. The minimum Gasteiger partial charge on any atom is -0.283 e. The normalized spacial score (nSPS) is 13.1. The topological polar surface area (TPSA) is 93.1 Å². The zero-order valence-corrected chi connectivity index (χ0v) is 18.6. The molecular formula is C20H20N4O3S3. The lowest BCUT2D eigenvalue weighted by Crippen LogP contribution is -2.42. The lowest BCUT2D eigenvalue weighted by atomic mass is 9.97. The molecule has 0 aromatic carbocycles. The number of nitrogens with one attached hydrogen (secondary N) is 2. The van der Waals surface area contributed by atoms with Gasteiger partial charge >= 0.3 is 0 Å². The van der Waals surface area contributed by atoms with Gasteiger partial charge in [0.25, 0.3) is 11.5 Å². The Hall–Kier alpha value is -2.43. The standard InChI is InChI=1S/C20H20N4O3S3/c1-2-9-24-19(27)16-12-6-3-4-7-13(12)30-18(16)21-20(24)29-11-15(25)22-23-17(26)14-8-5-10-28-14/h2,5,8,10H,1,3-4,6-7,9,11H2,(H,22,25)(H,23,26). The molecule has 0 radical (unpaired) electrons. The molecule has 4 rings (SSSR count). The maximum atomic E-state index is 13.2. The summed E-state index contributed by atoms with van der Waals surface area (Å²) in [7, 11) is 0. The quantitative estimate of drug-likeness (QED) is 0.255. The van der Waals surface area contributed by atoms with E-state index in [4.69, 9.17) is 4.98 Å². The summed E-state index contributed by atoms with van der Waals surface area (Å²) in [5.74, 6) is -0.726. The highest BCUT2D eigenvalue weighted by Crippen LogP contribution is 2.34. The molecular weight excluding hydrogens is 440 g/mol. The molecule has 30 heavy (non-hydrogen) atoms. The Kier molecular flexibility index (Phi) is 6.35. The van der Waals surface area contributed by atoms with Gasteiger partial charge in [0.05, 0.1) is 16.0 Å². The van der Waals surface area contributed by atoms with Gasteiger partial charge in [-0.05, 0) is 42.7 Å². The smallest absolute Gasteiger partial charge is 0.279 e. The summed E-state index contributed by atoms with van der Waals surface area (Å²) in [6.07, 6.45) is 5.79. The van der Waals surface area contributed by atoms with Crippen molar-refractivity contribution in [2.24, 2.45) is 0 Å². The summed E-state index contributed by atoms with van der Waals surface area (Å²) in [6.45, 7) is 4.07. The number of hydrogen-bond donors (Lipinski definition) is 2. The number of carbonyl (C=O) groups excluding carboxylic acids is 2. The third-order valence-electron chi connectivity index (χ3n) is 4.74. The van der Waals surface area contributed by atoms with Gasteiger partial charge in [-0.1, -0.05) is 23.9 Å². The molecule has 1 aliphatic carbocycles. The van der Waals surface area contributed by atoms with E-state index >= 15 is 0 Å². The number of allylic oxidation sites excluding steroid dienone is 1. The van der Waals surface area contributed by atoms with Gasteiger partial charge in [0.2, 0.25) is 5.91 Å². The predicted octanol–water partition coefficient (Wildman–Crippen LogP) is 3.14. The Bertz CT molecular complexity index is 1160. The molecule has 2 amide bonds. The van der Waals surface area contributed by atoms with Crippen LogP contribution in [0.3, 0.4) is 0 Å². The number of hydrazine groups is 1. The Morgan fingerprint density at radius 1 is 1.30 bits per heavy atom. The van der Waals surface area contributed by atoms with E-state index in [2.05, 4.69) is 17.4 Å². The van der Waals surface area contributed by atoms with Gasteiger partial charge in [0.15, 0.2) is 5.16 Å². The summed E-state index contributed by atoms with van der Waals surface area (Å²) >= 11 is 4.04. The van der Waals surface area contributed by atoms with Crippen LogP contribution in [0.2, 0.25) is 0 Å². The van der Waals surface area contributed by atoms with Crippen LogP contribution in [0.4, 0.5) is 0 Å². The van der Waals surface area contributed by atoms with E-state index in [9.17, 15) is 14.4 Å². The van der Waals surface area contributed by atoms with Gasteiger partial charge in [0.1, 0.15) is 4.83 Å². The van der Waals surface area contributed by atoms with E-state index in [1.54, 1.807) is 39.5 Å². The van der Waals surface area contributed by atoms with E-state index in [1.807, 2.05) is 0 Å². The fourth-order valence-corrected chi connectivity index (χ4v) is 6.11. The first-order chi connectivity index (χ1) is 14.6. The molecule has 10 heteroatoms. The predicted molar refractivity (Wildman–Crippen MR) is 121 cm³/mol. The van der Waals surface area contributed by atoms with E-state index in [1.165, 1.54) is 28.0 Å². The van der Waals surface area contributed by atoms with Gasteiger partial charge in [-0.3, -0.25) is 29.8 Å². The number of amides is 2. The summed E-state index contributed by atoms with van der Waals surface area (Å²) in [5.41, 5.74) is 5.85. The van der Waals surface area contributed by atoms with Crippen molar-refractivity contribution in [3.63, 3.8) is 0 Å². The third kappa shape index (κ3) is 4.21. The number of fused-ring (bicyclic) bond motifs is 3. The third-order valence-corrected chi connectivity index (χ3v) is 7.77. The molecule has 0 atom stereocenters. The number of thioether (sulfide) groups is 1. The van der Waals surface area contributed by atoms with Gasteiger partial charge in [0, 0.05) is 11.4 Å². The first-order valence-electron chi connectivity index (χ1n) is 9.50. The monoisotopic (exact) mass is 460 g/mol. The van der Waals surface area contributed by atoms with E-state index in [0.29, 0.717) is 22.0 Å². The first-order valence-corrected chi connectivity index (χ1v) is 12.2. The van der Waals surface area contributed by atoms with E-state index in [-0.39, 0.29) is 23.1 Å². The van der Waals surface area contributed by atoms with Crippen molar-refractivity contribution in [2.75, 3.05) is 5.75 Å². The number of thiophene rings is 2. The molecule has 3 heterocycles. The summed E-state index contributed by atoms with van der Waals surface area (Å²) in [6, 6.07) is 3.44. The second-order valence-electron chi connectivity index (χ2n) is 6.76. The molecule has 0 aliphatic heterocycles. The zero-order chi connectivity index (χ0) is 21.1. The van der Waals surface area contributed by atoms with Crippen molar-refractivity contribution in [1.82, 2.24) is 20.4 Å². The van der Waals surface area contributed by atoms with Crippen molar-refractivity contribution in [1.29, 1.82) is 0 Å². The van der Waals surface area contributed by atoms with Crippen molar-refractivity contribution in [2.45, 2.75) is 37.4 Å². The van der Waals surface area contributed by atoms with Gasteiger partial charge < -0.3 is 0 Å². The van der Waals surface area contributed by atoms with Crippen LogP contribution in [0, 0.1) is 0 Å². The van der Waals surface area contributed by atoms with Crippen molar-refractivity contribution >= 4 is 56.5 Å². The maximum absolute atomic E-state index is 13.2. The Morgan fingerprint density at radius 2 is 2.13 bits per heavy atom. The van der Waals surface area contributed by atoms with Crippen molar-refractivity contribution < 1.29 is 9.59 Å². The van der Waals surface area contributed by atoms with Gasteiger partial charge in [-0.2, -0.15) is 0 Å². The van der Waals surface area contributed by atoms with Crippen LogP contribution < -0.4 is 16.4 Å². The number of aryl methyl sites for hydroxylation is 2. The molecule has 3 aromatic heterocycles. The molecule has 3 aromatic rings. The molecule has 0 unspecified atom stereocenters. The van der Waals surface area contributed by atoms with Crippen LogP contribution in [0.5, 0.6) is 0 Å². The second-order valence-corrected chi connectivity index (χ2v) is 9.73. The highest BCUT2D eigenvalue weighted by molar-refractivity contribution is 7.99. The average Bonchev–Trinajstić information content (AvgIpc) is 3.40. The van der Waals surface area contributed by atoms with Crippen LogP contribution in [0.25, 0.3) is 10.2 Å². The highest BCUT2D eigenvalue weighted by atomic mass is 32.2. The molecule has 156 valence electrons. The maximum Gasteiger partial charge on any atom is 0.279 e. The van der Waals surface area contributed by atoms with Gasteiger partial charge in [-0.15, -0.1) is 29.3 Å². The number of rotatable bonds is 6. The Labute approximate surface area is 185 Å². The summed E-state index contributed by atoms with van der Waals surface area (Å²) < 4.78 is 1.57. The van der Waals surface area contributed by atoms with Crippen LogP contribution in [0.15, 0.2) is 40.1 Å². The highest BCUT2D eigenvalue weighted by Gasteiger charge is 2.22. The van der Waals surface area contributed by atoms with Crippen molar-refractivity contribution in [3.8, 4) is 0 Å². The molecule has 0 fully saturated rings. The summed E-state index contributed by atoms with van der Waals surface area (Å²) in [4.78, 5) is 44.5. The lowest BCUT2D eigenvalue weighted by Gasteiger charge is -2.12. The van der Waals surface area contributed by atoms with Crippen molar-refractivity contribution in [3.05, 3.63) is 55.8 Å². The van der Waals surface area contributed by atoms with E-state index in [0.717, 1.165) is 36.1 Å². The Morgan fingerprint density at radius 3 is 2.90 bits per heavy atom. The molecule has 0 saturated carbocycles. The van der Waals surface area contributed by atoms with E-state index < -0.39 is 0 Å². The van der Waals surface area contributed by atoms with Crippen LogP contribution >= 0.6 is 34.4 Å². The second kappa shape index (κ2) is 9.15. The molecule has 0 bridgehead atoms. The Balaban J connectivity index is 1.51. The largest absolute Gasteiger partial charge is 0.283 e. The number of nitrogens with zero attached hydrogens (tertiary/aromatic N) is 2. The fraction of sp³-hybridized carbons (Fsp3) is 0.300. The molecule has 0 spiro atoms. The lowest BCUT2D eigenvalue weighted by molar-refractivity contribution is -0.119. The minimum atomic E-state index is -0.380.